The number of piperidine rings is 1. The largest absolute Gasteiger partial charge is 0.383 e. The van der Waals surface area contributed by atoms with Crippen LogP contribution in [0.25, 0.3) is 22.5 Å². The van der Waals surface area contributed by atoms with Gasteiger partial charge in [0.05, 0.1) is 6.61 Å². The number of halogens is 1. The number of hydrogen-bond acceptors (Lipinski definition) is 6. The molecule has 40 heavy (non-hydrogen) atoms. The molecule has 1 aromatic heterocycles. The summed E-state index contributed by atoms with van der Waals surface area (Å²) in [7, 11) is 1.58. The third kappa shape index (κ3) is 6.41. The second-order valence-corrected chi connectivity index (χ2v) is 10.2. The Kier molecular flexibility index (Phi) is 8.88. The van der Waals surface area contributed by atoms with Crippen molar-refractivity contribution < 1.29 is 18.8 Å². The van der Waals surface area contributed by atoms with Gasteiger partial charge in [0, 0.05) is 36.3 Å². The first-order valence-electron chi connectivity index (χ1n) is 13.4. The van der Waals surface area contributed by atoms with Gasteiger partial charge in [-0.15, -0.1) is 0 Å². The minimum Gasteiger partial charge on any atom is -0.383 e. The van der Waals surface area contributed by atoms with Gasteiger partial charge < -0.3 is 19.1 Å². The Morgan fingerprint density at radius 3 is 2.40 bits per heavy atom. The minimum atomic E-state index is -0.348. The molecule has 206 valence electrons. The maximum atomic E-state index is 13.6. The van der Waals surface area contributed by atoms with Crippen LogP contribution in [-0.2, 0) is 9.53 Å². The van der Waals surface area contributed by atoms with Gasteiger partial charge in [0.1, 0.15) is 12.6 Å². The van der Waals surface area contributed by atoms with E-state index in [1.54, 1.807) is 41.2 Å². The zero-order valence-electron chi connectivity index (χ0n) is 22.3. The summed E-state index contributed by atoms with van der Waals surface area (Å²) in [5, 5.41) is 4.76. The average molecular weight is 559 g/mol. The molecule has 0 saturated carbocycles. The Bertz CT molecular complexity index is 1420. The third-order valence-corrected chi connectivity index (χ3v) is 7.32. The summed E-state index contributed by atoms with van der Waals surface area (Å²) in [4.78, 5) is 35.0. The van der Waals surface area contributed by atoms with Crippen molar-refractivity contribution in [2.75, 3.05) is 33.4 Å². The van der Waals surface area contributed by atoms with E-state index in [0.717, 1.165) is 29.5 Å². The van der Waals surface area contributed by atoms with Crippen LogP contribution in [-0.4, -0.2) is 65.1 Å². The molecule has 5 rings (SSSR count). The molecule has 0 radical (unpaired) electrons. The summed E-state index contributed by atoms with van der Waals surface area (Å²) in [5.74, 6) is 0.451. The lowest BCUT2D eigenvalue weighted by Crippen LogP contribution is -2.46. The van der Waals surface area contributed by atoms with E-state index in [1.807, 2.05) is 54.6 Å². The number of carbonyl (C=O) groups excluding carboxylic acids is 2. The van der Waals surface area contributed by atoms with E-state index >= 15 is 0 Å². The molecule has 1 atom stereocenters. The fraction of sp³-hybridized carbons (Fsp3) is 0.290. The first-order chi connectivity index (χ1) is 19.5. The number of rotatable bonds is 9. The van der Waals surface area contributed by atoms with Gasteiger partial charge in [0.15, 0.2) is 0 Å². The predicted octanol–water partition coefficient (Wildman–Crippen LogP) is 5.90. The molecular weight excluding hydrogens is 528 g/mol. The standard InChI is InChI=1S/C31H31ClN4O4/c1-39-20-19-35(31(38)25-12-10-23(11-13-25)22-7-3-2-4-8-22)21-28(37)36-18-6-5-9-27(36)30-33-29(34-40-30)24-14-16-26(32)17-15-24/h2-4,7-8,10-17,27H,5-6,9,18-21H2,1H3. The molecule has 0 spiro atoms. The van der Waals surface area contributed by atoms with E-state index in [9.17, 15) is 9.59 Å². The van der Waals surface area contributed by atoms with Crippen molar-refractivity contribution in [3.8, 4) is 22.5 Å². The molecule has 2 amide bonds. The fourth-order valence-electron chi connectivity index (χ4n) is 4.90. The number of methoxy groups -OCH3 is 1. The summed E-state index contributed by atoms with van der Waals surface area (Å²) in [6, 6.07) is 24.3. The van der Waals surface area contributed by atoms with Gasteiger partial charge >= 0.3 is 0 Å². The first kappa shape index (κ1) is 27.6. The molecule has 9 heteroatoms. The smallest absolute Gasteiger partial charge is 0.254 e. The van der Waals surface area contributed by atoms with E-state index in [4.69, 9.17) is 20.9 Å². The Labute approximate surface area is 238 Å². The van der Waals surface area contributed by atoms with E-state index in [1.165, 1.54) is 0 Å². The molecule has 0 N–H and O–H groups in total. The molecule has 0 aliphatic carbocycles. The van der Waals surface area contributed by atoms with E-state index in [2.05, 4.69) is 10.1 Å². The predicted molar refractivity (Wildman–Crippen MR) is 153 cm³/mol. The zero-order chi connectivity index (χ0) is 27.9. The lowest BCUT2D eigenvalue weighted by Gasteiger charge is -2.35. The van der Waals surface area contributed by atoms with Crippen LogP contribution in [0.1, 0.15) is 41.6 Å². The number of aromatic nitrogens is 2. The minimum absolute atomic E-state index is 0.0721. The molecule has 1 saturated heterocycles. The van der Waals surface area contributed by atoms with Crippen molar-refractivity contribution in [1.82, 2.24) is 19.9 Å². The number of carbonyl (C=O) groups is 2. The van der Waals surface area contributed by atoms with Crippen LogP contribution in [0.5, 0.6) is 0 Å². The van der Waals surface area contributed by atoms with Gasteiger partial charge in [-0.3, -0.25) is 9.59 Å². The van der Waals surface area contributed by atoms with Gasteiger partial charge in [0.2, 0.25) is 17.6 Å². The van der Waals surface area contributed by atoms with Crippen molar-refractivity contribution in [2.45, 2.75) is 25.3 Å². The highest BCUT2D eigenvalue weighted by atomic mass is 35.5. The second kappa shape index (κ2) is 12.9. The highest BCUT2D eigenvalue weighted by molar-refractivity contribution is 6.30. The molecule has 1 unspecified atom stereocenters. The molecule has 3 aromatic carbocycles. The van der Waals surface area contributed by atoms with Crippen molar-refractivity contribution in [3.05, 3.63) is 95.3 Å². The van der Waals surface area contributed by atoms with Crippen LogP contribution >= 0.6 is 11.6 Å². The number of ether oxygens (including phenoxy) is 1. The Morgan fingerprint density at radius 2 is 1.68 bits per heavy atom. The van der Waals surface area contributed by atoms with Crippen LogP contribution in [0, 0.1) is 0 Å². The second-order valence-electron chi connectivity index (χ2n) is 9.72. The number of hydrogen-bond donors (Lipinski definition) is 0. The Hall–Kier alpha value is -4.01. The molecule has 1 aliphatic heterocycles. The fourth-order valence-corrected chi connectivity index (χ4v) is 5.03. The first-order valence-corrected chi connectivity index (χ1v) is 13.7. The average Bonchev–Trinajstić information content (AvgIpc) is 3.50. The van der Waals surface area contributed by atoms with Crippen LogP contribution in [0.4, 0.5) is 0 Å². The SMILES string of the molecule is COCCN(CC(=O)N1CCCCC1c1nc(-c2ccc(Cl)cc2)no1)C(=O)c1ccc(-c2ccccc2)cc1. The topological polar surface area (TPSA) is 88.8 Å². The molecular formula is C31H31ClN4O4. The highest BCUT2D eigenvalue weighted by Crippen LogP contribution is 2.31. The summed E-state index contributed by atoms with van der Waals surface area (Å²) in [6.07, 6.45) is 2.52. The van der Waals surface area contributed by atoms with E-state index < -0.39 is 0 Å². The maximum absolute atomic E-state index is 13.6. The Balaban J connectivity index is 1.31. The monoisotopic (exact) mass is 558 g/mol. The third-order valence-electron chi connectivity index (χ3n) is 7.07. The maximum Gasteiger partial charge on any atom is 0.254 e. The number of benzene rings is 3. The van der Waals surface area contributed by atoms with E-state index in [-0.39, 0.29) is 24.4 Å². The Morgan fingerprint density at radius 1 is 0.975 bits per heavy atom. The molecule has 1 aliphatic rings. The lowest BCUT2D eigenvalue weighted by molar-refractivity contribution is -0.136. The molecule has 8 nitrogen and oxygen atoms in total. The van der Waals surface area contributed by atoms with Gasteiger partial charge in [-0.2, -0.15) is 4.98 Å². The van der Waals surface area contributed by atoms with Crippen LogP contribution in [0.3, 0.4) is 0 Å². The van der Waals surface area contributed by atoms with Gasteiger partial charge in [0.25, 0.3) is 5.91 Å². The number of amides is 2. The zero-order valence-corrected chi connectivity index (χ0v) is 23.1. The van der Waals surface area contributed by atoms with E-state index in [0.29, 0.717) is 48.4 Å². The van der Waals surface area contributed by atoms with Gasteiger partial charge in [-0.25, -0.2) is 0 Å². The molecule has 2 heterocycles. The summed E-state index contributed by atoms with van der Waals surface area (Å²) in [5.41, 5.74) is 3.39. The number of nitrogens with zero attached hydrogens (tertiary/aromatic N) is 4. The van der Waals surface area contributed by atoms with Crippen LogP contribution < -0.4 is 0 Å². The van der Waals surface area contributed by atoms with Crippen molar-refractivity contribution >= 4 is 23.4 Å². The van der Waals surface area contributed by atoms with Crippen LogP contribution in [0.2, 0.25) is 5.02 Å². The summed E-state index contributed by atoms with van der Waals surface area (Å²) in [6.45, 7) is 1.09. The van der Waals surface area contributed by atoms with Gasteiger partial charge in [-0.05, 0) is 66.8 Å². The van der Waals surface area contributed by atoms with Crippen LogP contribution in [0.15, 0.2) is 83.4 Å². The van der Waals surface area contributed by atoms with Crippen molar-refractivity contribution in [3.63, 3.8) is 0 Å². The quantitative estimate of drug-likeness (QED) is 0.254. The molecule has 0 bridgehead atoms. The molecule has 4 aromatic rings. The summed E-state index contributed by atoms with van der Waals surface area (Å²) >= 11 is 6.00. The van der Waals surface area contributed by atoms with Crippen molar-refractivity contribution in [1.29, 1.82) is 0 Å². The lowest BCUT2D eigenvalue weighted by atomic mass is 10.0. The number of likely N-dealkylation sites (tertiary alicyclic amines) is 1. The highest BCUT2D eigenvalue weighted by Gasteiger charge is 2.33. The summed E-state index contributed by atoms with van der Waals surface area (Å²) < 4.78 is 10.9. The van der Waals surface area contributed by atoms with Gasteiger partial charge in [-0.1, -0.05) is 59.2 Å². The normalized spacial score (nSPS) is 15.2. The molecule has 1 fully saturated rings. The van der Waals surface area contributed by atoms with Crippen molar-refractivity contribution in [2.24, 2.45) is 0 Å².